The molecule has 19 heavy (non-hydrogen) atoms. The van der Waals surface area contributed by atoms with Crippen LogP contribution >= 0.6 is 0 Å². The summed E-state index contributed by atoms with van der Waals surface area (Å²) in [6.07, 6.45) is 1.25. The number of halogens is 3. The first kappa shape index (κ1) is 12.3. The van der Waals surface area contributed by atoms with Crippen molar-refractivity contribution in [2.45, 2.75) is 31.5 Å². The van der Waals surface area contributed by atoms with Gasteiger partial charge in [0.2, 0.25) is 0 Å². The number of rotatable bonds is 1. The Bertz CT molecular complexity index is 569. The summed E-state index contributed by atoms with van der Waals surface area (Å²) in [5.74, 6) is 0.268. The second kappa shape index (κ2) is 4.40. The first-order chi connectivity index (χ1) is 9.04. The van der Waals surface area contributed by atoms with Crippen LogP contribution in [-0.2, 0) is 19.1 Å². The fraction of sp³-hybridized carbons (Fsp3) is 0.357. The fourth-order valence-corrected chi connectivity index (χ4v) is 2.59. The number of imidazole rings is 1. The summed E-state index contributed by atoms with van der Waals surface area (Å²) in [6.45, 7) is 0.792. The topological polar surface area (TPSA) is 17.8 Å². The molecule has 0 bridgehead atoms. The summed E-state index contributed by atoms with van der Waals surface area (Å²) in [5, 5.41) is 0. The molecule has 3 rings (SSSR count). The van der Waals surface area contributed by atoms with Gasteiger partial charge in [0.15, 0.2) is 0 Å². The summed E-state index contributed by atoms with van der Waals surface area (Å²) < 4.78 is 39.6. The second-order valence-corrected chi connectivity index (χ2v) is 4.89. The molecule has 0 amide bonds. The number of alkyl halides is 3. The summed E-state index contributed by atoms with van der Waals surface area (Å²) in [4.78, 5) is 4.09. The maximum Gasteiger partial charge on any atom is 0.416 e. The van der Waals surface area contributed by atoms with E-state index in [9.17, 15) is 13.2 Å². The lowest BCUT2D eigenvalue weighted by molar-refractivity contribution is -0.137. The molecule has 0 fully saturated rings. The van der Waals surface area contributed by atoms with E-state index in [0.717, 1.165) is 24.9 Å². The van der Waals surface area contributed by atoms with Crippen LogP contribution in [0.5, 0.6) is 0 Å². The van der Waals surface area contributed by atoms with Crippen LogP contribution in [0.4, 0.5) is 13.2 Å². The summed E-state index contributed by atoms with van der Waals surface area (Å²) in [6, 6.07) is 5.52. The largest absolute Gasteiger partial charge is 0.416 e. The molecule has 100 valence electrons. The lowest BCUT2D eigenvalue weighted by atomic mass is 9.90. The number of aryl methyl sites for hydroxylation is 1. The normalized spacial score (nSPS) is 19.2. The van der Waals surface area contributed by atoms with Gasteiger partial charge >= 0.3 is 6.18 Å². The van der Waals surface area contributed by atoms with Crippen LogP contribution < -0.4 is 0 Å². The average molecular weight is 266 g/mol. The lowest BCUT2D eigenvalue weighted by Gasteiger charge is -2.24. The van der Waals surface area contributed by atoms with Crippen molar-refractivity contribution in [1.29, 1.82) is 0 Å². The van der Waals surface area contributed by atoms with E-state index in [4.69, 9.17) is 0 Å². The predicted molar refractivity (Wildman–Crippen MR) is 64.7 cm³/mol. The van der Waals surface area contributed by atoms with Crippen molar-refractivity contribution < 1.29 is 13.2 Å². The van der Waals surface area contributed by atoms with Gasteiger partial charge in [-0.2, -0.15) is 13.2 Å². The minimum Gasteiger partial charge on any atom is -0.334 e. The number of hydrogen-bond acceptors (Lipinski definition) is 1. The smallest absolute Gasteiger partial charge is 0.334 e. The minimum atomic E-state index is -4.26. The Morgan fingerprint density at radius 2 is 1.89 bits per heavy atom. The van der Waals surface area contributed by atoms with Crippen LogP contribution in [0.2, 0.25) is 0 Å². The molecule has 5 heteroatoms. The van der Waals surface area contributed by atoms with Crippen molar-refractivity contribution in [3.63, 3.8) is 0 Å². The SMILES string of the molecule is FC(F)(F)c1ccc(C2CCc3cncn3C2)cc1. The molecule has 1 aromatic heterocycles. The van der Waals surface area contributed by atoms with E-state index in [1.807, 2.05) is 6.20 Å². The molecule has 0 spiro atoms. The van der Waals surface area contributed by atoms with Gasteiger partial charge in [0, 0.05) is 24.4 Å². The van der Waals surface area contributed by atoms with Gasteiger partial charge in [-0.1, -0.05) is 12.1 Å². The van der Waals surface area contributed by atoms with Crippen LogP contribution in [0.25, 0.3) is 0 Å². The average Bonchev–Trinajstić information content (AvgIpc) is 2.85. The van der Waals surface area contributed by atoms with Crippen LogP contribution in [-0.4, -0.2) is 9.55 Å². The van der Waals surface area contributed by atoms with E-state index >= 15 is 0 Å². The number of aromatic nitrogens is 2. The molecular weight excluding hydrogens is 253 g/mol. The Hall–Kier alpha value is -1.78. The Balaban J connectivity index is 1.81. The minimum absolute atomic E-state index is 0.268. The van der Waals surface area contributed by atoms with Crippen LogP contribution in [0, 0.1) is 0 Å². The third kappa shape index (κ3) is 2.37. The summed E-state index contributed by atoms with van der Waals surface area (Å²) in [7, 11) is 0. The Kier molecular flexibility index (Phi) is 2.84. The molecule has 0 radical (unpaired) electrons. The molecule has 2 nitrogen and oxygen atoms in total. The van der Waals surface area contributed by atoms with Gasteiger partial charge in [-0.05, 0) is 30.5 Å². The van der Waals surface area contributed by atoms with E-state index in [0.29, 0.717) is 0 Å². The zero-order chi connectivity index (χ0) is 13.5. The van der Waals surface area contributed by atoms with E-state index in [1.54, 1.807) is 18.5 Å². The Morgan fingerprint density at radius 1 is 1.16 bits per heavy atom. The van der Waals surface area contributed by atoms with Crippen molar-refractivity contribution in [3.8, 4) is 0 Å². The molecular formula is C14H13F3N2. The van der Waals surface area contributed by atoms with Gasteiger partial charge in [0.1, 0.15) is 0 Å². The van der Waals surface area contributed by atoms with Gasteiger partial charge in [0.05, 0.1) is 11.9 Å². The predicted octanol–water partition coefficient (Wildman–Crippen LogP) is 3.63. The van der Waals surface area contributed by atoms with Gasteiger partial charge in [-0.25, -0.2) is 4.98 Å². The first-order valence-corrected chi connectivity index (χ1v) is 6.20. The van der Waals surface area contributed by atoms with Gasteiger partial charge < -0.3 is 4.57 Å². The summed E-state index contributed by atoms with van der Waals surface area (Å²) >= 11 is 0. The van der Waals surface area contributed by atoms with Gasteiger partial charge in [-0.15, -0.1) is 0 Å². The number of hydrogen-bond donors (Lipinski definition) is 0. The highest BCUT2D eigenvalue weighted by Gasteiger charge is 2.30. The van der Waals surface area contributed by atoms with E-state index in [-0.39, 0.29) is 5.92 Å². The molecule has 0 saturated heterocycles. The molecule has 2 aromatic rings. The van der Waals surface area contributed by atoms with E-state index in [2.05, 4.69) is 9.55 Å². The molecule has 1 aliphatic heterocycles. The van der Waals surface area contributed by atoms with Crippen molar-refractivity contribution in [2.75, 3.05) is 0 Å². The number of nitrogens with zero attached hydrogens (tertiary/aromatic N) is 2. The molecule has 1 aliphatic rings. The molecule has 0 saturated carbocycles. The molecule has 1 aromatic carbocycles. The standard InChI is InChI=1S/C14H13F3N2/c15-14(16,17)12-4-1-10(2-5-12)11-3-6-13-7-18-9-19(13)8-11/h1-2,4-5,7,9,11H,3,6,8H2. The monoisotopic (exact) mass is 266 g/mol. The third-order valence-corrected chi connectivity index (χ3v) is 3.67. The van der Waals surface area contributed by atoms with Crippen molar-refractivity contribution in [3.05, 3.63) is 53.6 Å². The highest BCUT2D eigenvalue weighted by atomic mass is 19.4. The lowest BCUT2D eigenvalue weighted by Crippen LogP contribution is -2.17. The van der Waals surface area contributed by atoms with Crippen LogP contribution in [0.1, 0.15) is 29.2 Å². The maximum atomic E-state index is 12.5. The zero-order valence-electron chi connectivity index (χ0n) is 10.2. The molecule has 0 aliphatic carbocycles. The van der Waals surface area contributed by atoms with Gasteiger partial charge in [-0.3, -0.25) is 0 Å². The fourth-order valence-electron chi connectivity index (χ4n) is 2.59. The zero-order valence-corrected chi connectivity index (χ0v) is 10.2. The van der Waals surface area contributed by atoms with Crippen LogP contribution in [0.15, 0.2) is 36.8 Å². The van der Waals surface area contributed by atoms with Crippen molar-refractivity contribution in [1.82, 2.24) is 9.55 Å². The summed E-state index contributed by atoms with van der Waals surface area (Å²) in [5.41, 5.74) is 1.57. The quantitative estimate of drug-likeness (QED) is 0.770. The number of benzene rings is 1. The number of fused-ring (bicyclic) bond motifs is 1. The highest BCUT2D eigenvalue weighted by Crippen LogP contribution is 2.32. The molecule has 1 atom stereocenters. The Labute approximate surface area is 108 Å². The van der Waals surface area contributed by atoms with Gasteiger partial charge in [0.25, 0.3) is 0 Å². The third-order valence-electron chi connectivity index (χ3n) is 3.67. The highest BCUT2D eigenvalue weighted by molar-refractivity contribution is 5.28. The second-order valence-electron chi connectivity index (χ2n) is 4.89. The first-order valence-electron chi connectivity index (χ1n) is 6.20. The maximum absolute atomic E-state index is 12.5. The molecule has 1 unspecified atom stereocenters. The van der Waals surface area contributed by atoms with E-state index in [1.165, 1.54) is 17.8 Å². The van der Waals surface area contributed by atoms with Crippen molar-refractivity contribution in [2.24, 2.45) is 0 Å². The Morgan fingerprint density at radius 3 is 2.58 bits per heavy atom. The molecule has 0 N–H and O–H groups in total. The van der Waals surface area contributed by atoms with E-state index < -0.39 is 11.7 Å². The van der Waals surface area contributed by atoms with Crippen molar-refractivity contribution >= 4 is 0 Å². The molecule has 2 heterocycles. The van der Waals surface area contributed by atoms with Crippen LogP contribution in [0.3, 0.4) is 0 Å².